The number of amides is 1. The highest BCUT2D eigenvalue weighted by Gasteiger charge is 2.15. The number of carbonyl (C=O) groups is 2. The molecule has 6 heteroatoms. The SMILES string of the molecule is C=CCN(CC(=O)NC(C)COC)CC(=O)OCC. The summed E-state index contributed by atoms with van der Waals surface area (Å²) in [5, 5.41) is 2.78. The molecule has 1 amide bonds. The minimum Gasteiger partial charge on any atom is -0.465 e. The van der Waals surface area contributed by atoms with Crippen molar-refractivity contribution in [3.8, 4) is 0 Å². The molecule has 110 valence electrons. The summed E-state index contributed by atoms with van der Waals surface area (Å²) in [6.07, 6.45) is 1.64. The molecular weight excluding hydrogens is 248 g/mol. The molecule has 0 aliphatic rings. The summed E-state index contributed by atoms with van der Waals surface area (Å²) >= 11 is 0. The molecule has 1 N–H and O–H groups in total. The van der Waals surface area contributed by atoms with Crippen molar-refractivity contribution in [2.75, 3.05) is 40.0 Å². The van der Waals surface area contributed by atoms with Crippen LogP contribution < -0.4 is 5.32 Å². The zero-order valence-electron chi connectivity index (χ0n) is 12.0. The van der Waals surface area contributed by atoms with Crippen molar-refractivity contribution in [1.82, 2.24) is 10.2 Å². The van der Waals surface area contributed by atoms with E-state index in [1.165, 1.54) is 0 Å². The zero-order valence-corrected chi connectivity index (χ0v) is 12.0. The Bertz CT molecular complexity index is 294. The Morgan fingerprint density at radius 1 is 1.42 bits per heavy atom. The Hall–Kier alpha value is -1.40. The summed E-state index contributed by atoms with van der Waals surface area (Å²) in [4.78, 5) is 24.8. The maximum absolute atomic E-state index is 11.8. The van der Waals surface area contributed by atoms with Gasteiger partial charge in [-0.25, -0.2) is 0 Å². The lowest BCUT2D eigenvalue weighted by molar-refractivity contribution is -0.144. The minimum atomic E-state index is -0.345. The lowest BCUT2D eigenvalue weighted by Gasteiger charge is -2.20. The Kier molecular flexibility index (Phi) is 9.74. The van der Waals surface area contributed by atoms with Gasteiger partial charge in [-0.1, -0.05) is 6.08 Å². The fraction of sp³-hybridized carbons (Fsp3) is 0.692. The molecule has 1 atom stereocenters. The molecule has 0 aliphatic heterocycles. The van der Waals surface area contributed by atoms with Crippen molar-refractivity contribution in [3.05, 3.63) is 12.7 Å². The Morgan fingerprint density at radius 2 is 2.11 bits per heavy atom. The first-order valence-electron chi connectivity index (χ1n) is 6.30. The number of rotatable bonds is 10. The second-order valence-electron chi connectivity index (χ2n) is 4.19. The molecule has 0 aliphatic carbocycles. The van der Waals surface area contributed by atoms with E-state index >= 15 is 0 Å². The van der Waals surface area contributed by atoms with E-state index in [1.54, 1.807) is 25.0 Å². The van der Waals surface area contributed by atoms with Crippen LogP contribution in [0.1, 0.15) is 13.8 Å². The highest BCUT2D eigenvalue weighted by Crippen LogP contribution is 1.92. The number of carbonyl (C=O) groups excluding carboxylic acids is 2. The van der Waals surface area contributed by atoms with Crippen LogP contribution in [0.2, 0.25) is 0 Å². The van der Waals surface area contributed by atoms with Gasteiger partial charge < -0.3 is 14.8 Å². The molecule has 19 heavy (non-hydrogen) atoms. The first-order valence-corrected chi connectivity index (χ1v) is 6.30. The van der Waals surface area contributed by atoms with Crippen LogP contribution in [0, 0.1) is 0 Å². The van der Waals surface area contributed by atoms with Gasteiger partial charge in [0.1, 0.15) is 0 Å². The predicted octanol–water partition coefficient (Wildman–Crippen LogP) is 0.189. The number of nitrogens with one attached hydrogen (secondary N) is 1. The number of hydrogen-bond acceptors (Lipinski definition) is 5. The maximum atomic E-state index is 11.8. The average Bonchev–Trinajstić information content (AvgIpc) is 2.29. The monoisotopic (exact) mass is 272 g/mol. The molecular formula is C13H24N2O4. The lowest BCUT2D eigenvalue weighted by Crippen LogP contribution is -2.44. The summed E-state index contributed by atoms with van der Waals surface area (Å²) in [5.41, 5.74) is 0. The smallest absolute Gasteiger partial charge is 0.320 e. The van der Waals surface area contributed by atoms with Crippen molar-refractivity contribution in [3.63, 3.8) is 0 Å². The number of nitrogens with zero attached hydrogens (tertiary/aromatic N) is 1. The molecule has 0 spiro atoms. The van der Waals surface area contributed by atoms with Crippen molar-refractivity contribution >= 4 is 11.9 Å². The van der Waals surface area contributed by atoms with Gasteiger partial charge >= 0.3 is 5.97 Å². The van der Waals surface area contributed by atoms with Gasteiger partial charge in [0.2, 0.25) is 5.91 Å². The van der Waals surface area contributed by atoms with Gasteiger partial charge in [0.05, 0.1) is 26.3 Å². The highest BCUT2D eigenvalue weighted by molar-refractivity contribution is 5.79. The number of esters is 1. The van der Waals surface area contributed by atoms with E-state index in [-0.39, 0.29) is 31.0 Å². The molecule has 6 nitrogen and oxygen atoms in total. The number of methoxy groups -OCH3 is 1. The van der Waals surface area contributed by atoms with E-state index in [1.807, 2.05) is 6.92 Å². The fourth-order valence-corrected chi connectivity index (χ4v) is 1.57. The number of hydrogen-bond donors (Lipinski definition) is 1. The third kappa shape index (κ3) is 9.21. The first kappa shape index (κ1) is 17.6. The third-order valence-corrected chi connectivity index (χ3v) is 2.24. The second kappa shape index (κ2) is 10.5. The molecule has 0 fully saturated rings. The second-order valence-corrected chi connectivity index (χ2v) is 4.19. The molecule has 0 heterocycles. The van der Waals surface area contributed by atoms with Crippen LogP contribution in [-0.4, -0.2) is 62.8 Å². The summed E-state index contributed by atoms with van der Waals surface area (Å²) in [5.74, 6) is -0.502. The van der Waals surface area contributed by atoms with Crippen LogP contribution in [0.4, 0.5) is 0 Å². The van der Waals surface area contributed by atoms with Crippen LogP contribution in [0.25, 0.3) is 0 Å². The molecule has 0 rings (SSSR count). The molecule has 1 unspecified atom stereocenters. The Balaban J connectivity index is 4.21. The minimum absolute atomic E-state index is 0.0642. The Morgan fingerprint density at radius 3 is 2.63 bits per heavy atom. The Labute approximate surface area is 114 Å². The topological polar surface area (TPSA) is 67.9 Å². The third-order valence-electron chi connectivity index (χ3n) is 2.24. The number of ether oxygens (including phenoxy) is 2. The average molecular weight is 272 g/mol. The van der Waals surface area contributed by atoms with Crippen molar-refractivity contribution in [1.29, 1.82) is 0 Å². The van der Waals surface area contributed by atoms with E-state index in [2.05, 4.69) is 11.9 Å². The largest absolute Gasteiger partial charge is 0.465 e. The van der Waals surface area contributed by atoms with E-state index in [0.29, 0.717) is 19.8 Å². The van der Waals surface area contributed by atoms with Crippen molar-refractivity contribution in [2.24, 2.45) is 0 Å². The van der Waals surface area contributed by atoms with Crippen LogP contribution in [-0.2, 0) is 19.1 Å². The molecule has 0 bridgehead atoms. The van der Waals surface area contributed by atoms with Gasteiger partial charge in [0.15, 0.2) is 0 Å². The summed E-state index contributed by atoms with van der Waals surface area (Å²) in [6, 6.07) is -0.0642. The van der Waals surface area contributed by atoms with Gasteiger partial charge in [-0.05, 0) is 13.8 Å². The lowest BCUT2D eigenvalue weighted by atomic mass is 10.3. The van der Waals surface area contributed by atoms with E-state index < -0.39 is 0 Å². The van der Waals surface area contributed by atoms with Gasteiger partial charge in [0.25, 0.3) is 0 Å². The molecule has 0 saturated carbocycles. The van der Waals surface area contributed by atoms with E-state index in [9.17, 15) is 9.59 Å². The van der Waals surface area contributed by atoms with E-state index in [4.69, 9.17) is 9.47 Å². The summed E-state index contributed by atoms with van der Waals surface area (Å²) < 4.78 is 9.79. The standard InChI is InChI=1S/C13H24N2O4/c1-5-7-15(9-13(17)19-6-2)8-12(16)14-11(3)10-18-4/h5,11H,1,6-10H2,2-4H3,(H,14,16). The normalized spacial score (nSPS) is 12.0. The highest BCUT2D eigenvalue weighted by atomic mass is 16.5. The predicted molar refractivity (Wildman–Crippen MR) is 72.8 cm³/mol. The van der Waals surface area contributed by atoms with Crippen LogP contribution in [0.5, 0.6) is 0 Å². The maximum Gasteiger partial charge on any atom is 0.320 e. The van der Waals surface area contributed by atoms with Gasteiger partial charge in [-0.2, -0.15) is 0 Å². The first-order chi connectivity index (χ1) is 9.03. The van der Waals surface area contributed by atoms with Gasteiger partial charge in [-0.3, -0.25) is 14.5 Å². The summed E-state index contributed by atoms with van der Waals surface area (Å²) in [7, 11) is 1.58. The van der Waals surface area contributed by atoms with Gasteiger partial charge in [0, 0.05) is 19.7 Å². The molecule has 0 saturated heterocycles. The zero-order chi connectivity index (χ0) is 14.7. The van der Waals surface area contributed by atoms with Crippen molar-refractivity contribution in [2.45, 2.75) is 19.9 Å². The molecule has 0 aromatic carbocycles. The van der Waals surface area contributed by atoms with Gasteiger partial charge in [-0.15, -0.1) is 6.58 Å². The summed E-state index contributed by atoms with van der Waals surface area (Å²) in [6.45, 7) is 8.63. The van der Waals surface area contributed by atoms with Crippen LogP contribution >= 0.6 is 0 Å². The quantitative estimate of drug-likeness (QED) is 0.454. The molecule has 0 aromatic rings. The molecule has 0 radical (unpaired) electrons. The fourth-order valence-electron chi connectivity index (χ4n) is 1.57. The van der Waals surface area contributed by atoms with Crippen LogP contribution in [0.3, 0.4) is 0 Å². The molecule has 0 aromatic heterocycles. The van der Waals surface area contributed by atoms with Crippen LogP contribution in [0.15, 0.2) is 12.7 Å². The van der Waals surface area contributed by atoms with E-state index in [0.717, 1.165) is 0 Å². The van der Waals surface area contributed by atoms with Crippen molar-refractivity contribution < 1.29 is 19.1 Å².